The summed E-state index contributed by atoms with van der Waals surface area (Å²) in [5, 5.41) is 0. The van der Waals surface area contributed by atoms with Gasteiger partial charge in [0.15, 0.2) is 11.6 Å². The van der Waals surface area contributed by atoms with E-state index in [0.29, 0.717) is 12.0 Å². The van der Waals surface area contributed by atoms with Crippen molar-refractivity contribution in [2.45, 2.75) is 38.6 Å². The number of hydrazine groups is 1. The Bertz CT molecular complexity index is 329. The molecule has 3 N–H and O–H groups in total. The zero-order valence-electron chi connectivity index (χ0n) is 9.47. The number of hydrogen-bond acceptors (Lipinski definition) is 2. The Balaban J connectivity index is 2.74. The van der Waals surface area contributed by atoms with E-state index in [1.807, 2.05) is 0 Å². The van der Waals surface area contributed by atoms with Gasteiger partial charge in [0.2, 0.25) is 0 Å². The van der Waals surface area contributed by atoms with Gasteiger partial charge < -0.3 is 0 Å². The molecule has 0 fully saturated rings. The van der Waals surface area contributed by atoms with Crippen molar-refractivity contribution >= 4 is 0 Å². The molecule has 16 heavy (non-hydrogen) atoms. The molecule has 0 radical (unpaired) electrons. The first-order chi connectivity index (χ1) is 7.70. The molecule has 2 nitrogen and oxygen atoms in total. The summed E-state index contributed by atoms with van der Waals surface area (Å²) in [5.41, 5.74) is 2.84. The lowest BCUT2D eigenvalue weighted by Crippen LogP contribution is -2.28. The predicted octanol–water partition coefficient (Wildman–Crippen LogP) is 3.05. The molecule has 0 heterocycles. The van der Waals surface area contributed by atoms with Gasteiger partial charge in [-0.3, -0.25) is 11.3 Å². The summed E-state index contributed by atoms with van der Waals surface area (Å²) in [5.74, 6) is 3.74. The second-order valence-corrected chi connectivity index (χ2v) is 3.86. The summed E-state index contributed by atoms with van der Waals surface area (Å²) in [6.45, 7) is 2.09. The van der Waals surface area contributed by atoms with Crippen LogP contribution in [0.1, 0.15) is 44.2 Å². The van der Waals surface area contributed by atoms with E-state index in [-0.39, 0.29) is 6.04 Å². The molecule has 0 aliphatic rings. The zero-order chi connectivity index (χ0) is 12.0. The van der Waals surface area contributed by atoms with Gasteiger partial charge in [-0.15, -0.1) is 0 Å². The zero-order valence-corrected chi connectivity index (χ0v) is 9.47. The van der Waals surface area contributed by atoms with Gasteiger partial charge in [-0.1, -0.05) is 38.3 Å². The highest BCUT2D eigenvalue weighted by Crippen LogP contribution is 2.23. The van der Waals surface area contributed by atoms with E-state index in [9.17, 15) is 8.78 Å². The van der Waals surface area contributed by atoms with Crippen LogP contribution in [0.4, 0.5) is 8.78 Å². The number of nitrogens with one attached hydrogen (secondary N) is 1. The molecule has 0 bridgehead atoms. The van der Waals surface area contributed by atoms with Crippen molar-refractivity contribution in [1.82, 2.24) is 5.43 Å². The molecular weight excluding hydrogens is 210 g/mol. The first-order valence-electron chi connectivity index (χ1n) is 5.60. The third-order valence-corrected chi connectivity index (χ3v) is 2.65. The van der Waals surface area contributed by atoms with Gasteiger partial charge in [-0.05, 0) is 12.5 Å². The maximum absolute atomic E-state index is 13.5. The molecule has 90 valence electrons. The van der Waals surface area contributed by atoms with Crippen molar-refractivity contribution in [2.75, 3.05) is 0 Å². The first-order valence-corrected chi connectivity index (χ1v) is 5.60. The standard InChI is InChI=1S/C12H18F2N2/c1-2-3-4-8-11(16-15)9-6-5-7-10(13)12(9)14/h5-7,11,16H,2-4,8,15H2,1H3. The van der Waals surface area contributed by atoms with E-state index < -0.39 is 11.6 Å². The van der Waals surface area contributed by atoms with Crippen LogP contribution in [0.3, 0.4) is 0 Å². The quantitative estimate of drug-likeness (QED) is 0.446. The number of benzene rings is 1. The van der Waals surface area contributed by atoms with Crippen LogP contribution in [-0.4, -0.2) is 0 Å². The van der Waals surface area contributed by atoms with Crippen LogP contribution in [-0.2, 0) is 0 Å². The van der Waals surface area contributed by atoms with Crippen molar-refractivity contribution in [2.24, 2.45) is 5.84 Å². The minimum atomic E-state index is -0.826. The van der Waals surface area contributed by atoms with E-state index in [2.05, 4.69) is 12.3 Å². The largest absolute Gasteiger partial charge is 0.271 e. The van der Waals surface area contributed by atoms with E-state index in [1.165, 1.54) is 6.07 Å². The summed E-state index contributed by atoms with van der Waals surface area (Å²) < 4.78 is 26.5. The van der Waals surface area contributed by atoms with Crippen molar-refractivity contribution in [1.29, 1.82) is 0 Å². The lowest BCUT2D eigenvalue weighted by atomic mass is 10.0. The normalized spacial score (nSPS) is 12.8. The Hall–Kier alpha value is -1.00. The number of unbranched alkanes of at least 4 members (excludes halogenated alkanes) is 2. The molecule has 0 saturated heterocycles. The maximum atomic E-state index is 13.5. The molecule has 0 aliphatic heterocycles. The average Bonchev–Trinajstić information content (AvgIpc) is 2.29. The molecular formula is C12H18F2N2. The molecule has 0 aromatic heterocycles. The van der Waals surface area contributed by atoms with Crippen molar-refractivity contribution in [3.8, 4) is 0 Å². The first kappa shape index (κ1) is 13.1. The average molecular weight is 228 g/mol. The highest BCUT2D eigenvalue weighted by atomic mass is 19.2. The highest BCUT2D eigenvalue weighted by Gasteiger charge is 2.16. The summed E-state index contributed by atoms with van der Waals surface area (Å²) in [4.78, 5) is 0. The molecule has 0 amide bonds. The second kappa shape index (κ2) is 6.55. The Morgan fingerprint density at radius 2 is 2.06 bits per heavy atom. The van der Waals surface area contributed by atoms with E-state index >= 15 is 0 Å². The van der Waals surface area contributed by atoms with Crippen LogP contribution in [0, 0.1) is 11.6 Å². The maximum Gasteiger partial charge on any atom is 0.163 e. The second-order valence-electron chi connectivity index (χ2n) is 3.86. The third-order valence-electron chi connectivity index (χ3n) is 2.65. The van der Waals surface area contributed by atoms with Gasteiger partial charge in [-0.2, -0.15) is 0 Å². The van der Waals surface area contributed by atoms with Gasteiger partial charge >= 0.3 is 0 Å². The summed E-state index contributed by atoms with van der Waals surface area (Å²) in [7, 11) is 0. The lowest BCUT2D eigenvalue weighted by molar-refractivity contribution is 0.440. The Labute approximate surface area is 94.8 Å². The molecule has 1 unspecified atom stereocenters. The predicted molar refractivity (Wildman–Crippen MR) is 60.6 cm³/mol. The highest BCUT2D eigenvalue weighted by molar-refractivity contribution is 5.22. The third kappa shape index (κ3) is 3.25. The number of rotatable bonds is 6. The fourth-order valence-corrected chi connectivity index (χ4v) is 1.72. The summed E-state index contributed by atoms with van der Waals surface area (Å²) >= 11 is 0. The molecule has 0 aliphatic carbocycles. The Morgan fingerprint density at radius 3 is 2.69 bits per heavy atom. The minimum Gasteiger partial charge on any atom is -0.271 e. The molecule has 1 rings (SSSR count). The van der Waals surface area contributed by atoms with E-state index in [1.54, 1.807) is 6.07 Å². The van der Waals surface area contributed by atoms with Gasteiger partial charge in [0.25, 0.3) is 0 Å². The van der Waals surface area contributed by atoms with Gasteiger partial charge in [0.05, 0.1) is 0 Å². The van der Waals surface area contributed by atoms with Crippen LogP contribution in [0.2, 0.25) is 0 Å². The fourth-order valence-electron chi connectivity index (χ4n) is 1.72. The van der Waals surface area contributed by atoms with Crippen LogP contribution >= 0.6 is 0 Å². The van der Waals surface area contributed by atoms with Gasteiger partial charge in [0.1, 0.15) is 0 Å². The SMILES string of the molecule is CCCCCC(NN)c1cccc(F)c1F. The number of hydrogen-bond donors (Lipinski definition) is 2. The van der Waals surface area contributed by atoms with Crippen LogP contribution < -0.4 is 11.3 Å². The Morgan fingerprint density at radius 1 is 1.31 bits per heavy atom. The minimum absolute atomic E-state index is 0.304. The fraction of sp³-hybridized carbons (Fsp3) is 0.500. The van der Waals surface area contributed by atoms with Crippen molar-refractivity contribution in [3.63, 3.8) is 0 Å². The van der Waals surface area contributed by atoms with Crippen molar-refractivity contribution < 1.29 is 8.78 Å². The molecule has 4 heteroatoms. The van der Waals surface area contributed by atoms with E-state index in [4.69, 9.17) is 5.84 Å². The molecule has 1 atom stereocenters. The van der Waals surface area contributed by atoms with E-state index in [0.717, 1.165) is 25.3 Å². The summed E-state index contributed by atoms with van der Waals surface area (Å²) in [6.07, 6.45) is 3.81. The van der Waals surface area contributed by atoms with Gasteiger partial charge in [0, 0.05) is 11.6 Å². The monoisotopic (exact) mass is 228 g/mol. The number of nitrogens with two attached hydrogens (primary N) is 1. The molecule has 0 saturated carbocycles. The van der Waals surface area contributed by atoms with Crippen LogP contribution in [0.25, 0.3) is 0 Å². The van der Waals surface area contributed by atoms with Crippen LogP contribution in [0.15, 0.2) is 18.2 Å². The molecule has 1 aromatic carbocycles. The number of halogens is 2. The summed E-state index contributed by atoms with van der Waals surface area (Å²) in [6, 6.07) is 3.85. The van der Waals surface area contributed by atoms with Gasteiger partial charge in [-0.25, -0.2) is 8.78 Å². The molecule has 1 aromatic rings. The van der Waals surface area contributed by atoms with Crippen molar-refractivity contribution in [3.05, 3.63) is 35.4 Å². The Kier molecular flexibility index (Phi) is 5.35. The molecule has 0 spiro atoms. The smallest absolute Gasteiger partial charge is 0.163 e. The lowest BCUT2D eigenvalue weighted by Gasteiger charge is -2.16. The topological polar surface area (TPSA) is 38.0 Å². The van der Waals surface area contributed by atoms with Crippen LogP contribution in [0.5, 0.6) is 0 Å².